The fourth-order valence-electron chi connectivity index (χ4n) is 2.00. The van der Waals surface area contributed by atoms with Crippen LogP contribution in [-0.4, -0.2) is 26.3 Å². The first-order chi connectivity index (χ1) is 8.65. The van der Waals surface area contributed by atoms with Crippen molar-refractivity contribution >= 4 is 22.6 Å². The maximum Gasteiger partial charge on any atom is 0.242 e. The second-order valence-electron chi connectivity index (χ2n) is 4.19. The Balaban J connectivity index is 2.09. The molecule has 7 nitrogen and oxygen atoms in total. The standard InChI is InChI=1S/C11H11N5O2/c1-6-4-10(17)13-14-11(6)7-2-3-9-8(5-7)12-15-16(9)18/h2-3,5,14,18H,4H2,1H3,(H,13,17). The van der Waals surface area contributed by atoms with Crippen LogP contribution in [0.2, 0.25) is 0 Å². The second kappa shape index (κ2) is 3.73. The zero-order valence-electron chi connectivity index (χ0n) is 9.64. The Morgan fingerprint density at radius 2 is 2.22 bits per heavy atom. The van der Waals surface area contributed by atoms with Crippen LogP contribution in [0.25, 0.3) is 16.7 Å². The molecule has 18 heavy (non-hydrogen) atoms. The quantitative estimate of drug-likeness (QED) is 0.633. The van der Waals surface area contributed by atoms with Gasteiger partial charge in [0.05, 0.1) is 12.1 Å². The summed E-state index contributed by atoms with van der Waals surface area (Å²) in [4.78, 5) is 11.9. The molecule has 1 aromatic carbocycles. The third-order valence-electron chi connectivity index (χ3n) is 2.90. The van der Waals surface area contributed by atoms with Gasteiger partial charge in [0.15, 0.2) is 0 Å². The summed E-state index contributed by atoms with van der Waals surface area (Å²) in [5.41, 5.74) is 9.27. The van der Waals surface area contributed by atoms with Crippen molar-refractivity contribution in [3.63, 3.8) is 0 Å². The van der Waals surface area contributed by atoms with Crippen LogP contribution in [-0.2, 0) is 4.79 Å². The van der Waals surface area contributed by atoms with Crippen molar-refractivity contribution < 1.29 is 10.0 Å². The van der Waals surface area contributed by atoms with E-state index in [4.69, 9.17) is 0 Å². The number of aromatic nitrogens is 3. The summed E-state index contributed by atoms with van der Waals surface area (Å²) in [6.07, 6.45) is 0.368. The van der Waals surface area contributed by atoms with Crippen LogP contribution in [0, 0.1) is 0 Å². The summed E-state index contributed by atoms with van der Waals surface area (Å²) in [6.45, 7) is 1.90. The zero-order chi connectivity index (χ0) is 12.7. The summed E-state index contributed by atoms with van der Waals surface area (Å²) < 4.78 is 0. The fourth-order valence-corrected chi connectivity index (χ4v) is 2.00. The Morgan fingerprint density at radius 3 is 3.00 bits per heavy atom. The minimum atomic E-state index is -0.0568. The molecule has 0 aliphatic carbocycles. The summed E-state index contributed by atoms with van der Waals surface area (Å²) in [7, 11) is 0. The first kappa shape index (κ1) is 10.6. The Hall–Kier alpha value is -2.57. The molecular weight excluding hydrogens is 234 g/mol. The maximum absolute atomic E-state index is 11.2. The minimum Gasteiger partial charge on any atom is -0.410 e. The fraction of sp³-hybridized carbons (Fsp3) is 0.182. The predicted octanol–water partition coefficient (Wildman–Crippen LogP) is 0.424. The van der Waals surface area contributed by atoms with E-state index in [1.54, 1.807) is 12.1 Å². The first-order valence-corrected chi connectivity index (χ1v) is 5.45. The van der Waals surface area contributed by atoms with Gasteiger partial charge in [0.25, 0.3) is 0 Å². The molecule has 1 aromatic heterocycles. The summed E-state index contributed by atoms with van der Waals surface area (Å²) in [5.74, 6) is -0.0568. The van der Waals surface area contributed by atoms with E-state index in [9.17, 15) is 10.0 Å². The first-order valence-electron chi connectivity index (χ1n) is 5.45. The lowest BCUT2D eigenvalue weighted by Gasteiger charge is -2.20. The molecular formula is C11H11N5O2. The average molecular weight is 245 g/mol. The molecule has 2 heterocycles. The zero-order valence-corrected chi connectivity index (χ0v) is 9.64. The van der Waals surface area contributed by atoms with Gasteiger partial charge in [-0.1, -0.05) is 10.9 Å². The molecule has 7 heteroatoms. The topological polar surface area (TPSA) is 92.1 Å². The van der Waals surface area contributed by atoms with E-state index in [0.717, 1.165) is 21.7 Å². The van der Waals surface area contributed by atoms with Crippen molar-refractivity contribution in [2.75, 3.05) is 0 Å². The molecule has 0 radical (unpaired) electrons. The van der Waals surface area contributed by atoms with E-state index in [0.29, 0.717) is 17.5 Å². The van der Waals surface area contributed by atoms with Gasteiger partial charge in [0, 0.05) is 5.56 Å². The lowest BCUT2D eigenvalue weighted by atomic mass is 10.0. The van der Waals surface area contributed by atoms with Gasteiger partial charge in [0.1, 0.15) is 11.0 Å². The molecule has 0 saturated carbocycles. The Morgan fingerprint density at radius 1 is 1.39 bits per heavy atom. The predicted molar refractivity (Wildman–Crippen MR) is 63.2 cm³/mol. The molecule has 3 rings (SSSR count). The van der Waals surface area contributed by atoms with Crippen LogP contribution in [0.1, 0.15) is 18.9 Å². The number of carbonyl (C=O) groups excluding carboxylic acids is 1. The van der Waals surface area contributed by atoms with Crippen LogP contribution in [0.15, 0.2) is 23.8 Å². The molecule has 0 saturated heterocycles. The normalized spacial score (nSPS) is 15.7. The molecule has 92 valence electrons. The van der Waals surface area contributed by atoms with Gasteiger partial charge in [0.2, 0.25) is 5.91 Å². The SMILES string of the molecule is CC1=C(c2ccc3c(c2)nnn3O)NNC(=O)C1. The number of fused-ring (bicyclic) bond motifs is 1. The van der Waals surface area contributed by atoms with E-state index < -0.39 is 0 Å². The molecule has 0 atom stereocenters. The van der Waals surface area contributed by atoms with Gasteiger partial charge in [-0.3, -0.25) is 15.6 Å². The van der Waals surface area contributed by atoms with Crippen LogP contribution in [0.4, 0.5) is 0 Å². The Kier molecular flexibility index (Phi) is 2.19. The van der Waals surface area contributed by atoms with Crippen molar-refractivity contribution in [2.24, 2.45) is 0 Å². The van der Waals surface area contributed by atoms with Crippen molar-refractivity contribution in [1.82, 2.24) is 26.0 Å². The highest BCUT2D eigenvalue weighted by atomic mass is 16.5. The highest BCUT2D eigenvalue weighted by Gasteiger charge is 2.16. The van der Waals surface area contributed by atoms with Gasteiger partial charge in [-0.2, -0.15) is 0 Å². The van der Waals surface area contributed by atoms with E-state index in [1.807, 2.05) is 13.0 Å². The number of nitrogens with zero attached hydrogens (tertiary/aromatic N) is 3. The average Bonchev–Trinajstić information content (AvgIpc) is 2.71. The van der Waals surface area contributed by atoms with Crippen LogP contribution in [0.3, 0.4) is 0 Å². The lowest BCUT2D eigenvalue weighted by Crippen LogP contribution is -2.40. The number of rotatable bonds is 1. The van der Waals surface area contributed by atoms with Gasteiger partial charge in [-0.05, 0) is 29.8 Å². The Bertz CT molecular complexity index is 673. The Labute approximate surface area is 102 Å². The molecule has 1 aliphatic rings. The number of hydrogen-bond acceptors (Lipinski definition) is 5. The molecule has 3 N–H and O–H groups in total. The third kappa shape index (κ3) is 1.56. The van der Waals surface area contributed by atoms with Gasteiger partial charge in [-0.15, -0.1) is 5.10 Å². The summed E-state index contributed by atoms with van der Waals surface area (Å²) >= 11 is 0. The maximum atomic E-state index is 11.2. The van der Waals surface area contributed by atoms with E-state index in [1.165, 1.54) is 0 Å². The molecule has 1 aliphatic heterocycles. The van der Waals surface area contributed by atoms with Crippen LogP contribution in [0.5, 0.6) is 0 Å². The second-order valence-corrected chi connectivity index (χ2v) is 4.19. The monoisotopic (exact) mass is 245 g/mol. The molecule has 0 fully saturated rings. The van der Waals surface area contributed by atoms with Crippen molar-refractivity contribution in [2.45, 2.75) is 13.3 Å². The number of amides is 1. The van der Waals surface area contributed by atoms with E-state index >= 15 is 0 Å². The number of nitrogens with one attached hydrogen (secondary N) is 2. The molecule has 0 unspecified atom stereocenters. The highest BCUT2D eigenvalue weighted by molar-refractivity contribution is 5.87. The molecule has 2 aromatic rings. The minimum absolute atomic E-state index is 0.0568. The summed E-state index contributed by atoms with van der Waals surface area (Å²) in [5, 5.41) is 16.7. The summed E-state index contributed by atoms with van der Waals surface area (Å²) in [6, 6.07) is 5.36. The molecule has 0 bridgehead atoms. The number of hydrazine groups is 1. The lowest BCUT2D eigenvalue weighted by molar-refractivity contribution is -0.121. The molecule has 1 amide bonds. The third-order valence-corrected chi connectivity index (χ3v) is 2.90. The van der Waals surface area contributed by atoms with Crippen molar-refractivity contribution in [3.05, 3.63) is 29.3 Å². The number of hydrogen-bond donors (Lipinski definition) is 3. The van der Waals surface area contributed by atoms with Crippen molar-refractivity contribution in [1.29, 1.82) is 0 Å². The highest BCUT2D eigenvalue weighted by Crippen LogP contribution is 2.22. The van der Waals surface area contributed by atoms with E-state index in [-0.39, 0.29) is 5.91 Å². The van der Waals surface area contributed by atoms with Crippen LogP contribution >= 0.6 is 0 Å². The van der Waals surface area contributed by atoms with Gasteiger partial charge >= 0.3 is 0 Å². The van der Waals surface area contributed by atoms with Gasteiger partial charge < -0.3 is 5.21 Å². The van der Waals surface area contributed by atoms with Crippen molar-refractivity contribution in [3.8, 4) is 0 Å². The largest absolute Gasteiger partial charge is 0.410 e. The number of benzene rings is 1. The number of carbonyl (C=O) groups is 1. The molecule has 0 spiro atoms. The smallest absolute Gasteiger partial charge is 0.242 e. The van der Waals surface area contributed by atoms with Gasteiger partial charge in [-0.25, -0.2) is 0 Å². The van der Waals surface area contributed by atoms with Crippen LogP contribution < -0.4 is 10.9 Å². The van der Waals surface area contributed by atoms with E-state index in [2.05, 4.69) is 21.2 Å².